The Morgan fingerprint density at radius 2 is 1.59 bits per heavy atom. The third-order valence-corrected chi connectivity index (χ3v) is 5.81. The maximum Gasteiger partial charge on any atom is 0.276 e. The summed E-state index contributed by atoms with van der Waals surface area (Å²) in [6.45, 7) is 0. The Hall–Kier alpha value is -3.29. The van der Waals surface area contributed by atoms with E-state index in [0.29, 0.717) is 22.0 Å². The highest BCUT2D eigenvalue weighted by Gasteiger charge is 2.19. The molecule has 0 unspecified atom stereocenters. The van der Waals surface area contributed by atoms with E-state index < -0.39 is 10.0 Å². The Labute approximate surface area is 173 Å². The fraction of sp³-hybridized carbons (Fsp3) is 0. The number of phenolic OH excluding ortho intramolecular Hbond substituents is 1. The monoisotopic (exact) mass is 425 g/mol. The summed E-state index contributed by atoms with van der Waals surface area (Å²) in [5, 5.41) is 14.8. The molecule has 0 saturated heterocycles. The first kappa shape index (κ1) is 19.0. The minimum atomic E-state index is -3.85. The van der Waals surface area contributed by atoms with Crippen LogP contribution in [0, 0.1) is 0 Å². The smallest absolute Gasteiger partial charge is 0.276 e. The molecule has 146 valence electrons. The van der Waals surface area contributed by atoms with Crippen molar-refractivity contribution in [3.8, 4) is 28.3 Å². The summed E-state index contributed by atoms with van der Waals surface area (Å²) in [5.41, 5.74) is 2.41. The van der Waals surface area contributed by atoms with Crippen molar-refractivity contribution in [1.82, 2.24) is 9.89 Å². The van der Waals surface area contributed by atoms with Crippen molar-refractivity contribution in [1.29, 1.82) is 0 Å². The molecule has 0 amide bonds. The number of nitrogens with zero attached hydrogens (tertiary/aromatic N) is 2. The Kier molecular flexibility index (Phi) is 5.00. The zero-order valence-corrected chi connectivity index (χ0v) is 16.6. The van der Waals surface area contributed by atoms with Crippen LogP contribution in [0.3, 0.4) is 0 Å². The van der Waals surface area contributed by atoms with Gasteiger partial charge in [0.25, 0.3) is 10.0 Å². The van der Waals surface area contributed by atoms with E-state index in [9.17, 15) is 13.5 Å². The van der Waals surface area contributed by atoms with E-state index in [1.807, 2.05) is 0 Å². The molecule has 0 aliphatic heterocycles. The highest BCUT2D eigenvalue weighted by molar-refractivity contribution is 7.92. The first-order valence-corrected chi connectivity index (χ1v) is 10.5. The number of halogens is 1. The summed E-state index contributed by atoms with van der Waals surface area (Å²) in [7, 11) is -3.85. The van der Waals surface area contributed by atoms with Crippen LogP contribution in [-0.2, 0) is 10.0 Å². The second-order valence-electron chi connectivity index (χ2n) is 6.29. The van der Waals surface area contributed by atoms with Gasteiger partial charge in [0.1, 0.15) is 5.75 Å². The van der Waals surface area contributed by atoms with Gasteiger partial charge in [-0.05, 0) is 42.5 Å². The first-order valence-electron chi connectivity index (χ1n) is 8.66. The summed E-state index contributed by atoms with van der Waals surface area (Å²) in [6, 6.07) is 23.4. The molecule has 0 aliphatic carbocycles. The van der Waals surface area contributed by atoms with Gasteiger partial charge in [-0.2, -0.15) is 23.1 Å². The lowest BCUT2D eigenvalue weighted by Crippen LogP contribution is -2.25. The fourth-order valence-electron chi connectivity index (χ4n) is 2.85. The number of hydrogen-bond donors (Lipinski definition) is 2. The molecule has 0 fully saturated rings. The number of hydrogen-bond acceptors (Lipinski definition) is 4. The predicted molar refractivity (Wildman–Crippen MR) is 113 cm³/mol. The minimum absolute atomic E-state index is 0.0926. The van der Waals surface area contributed by atoms with Crippen molar-refractivity contribution in [3.63, 3.8) is 0 Å². The van der Waals surface area contributed by atoms with Crippen molar-refractivity contribution >= 4 is 21.6 Å². The number of sulfonamides is 1. The number of rotatable bonds is 5. The van der Waals surface area contributed by atoms with Gasteiger partial charge in [-0.25, -0.2) is 0 Å². The summed E-state index contributed by atoms with van der Waals surface area (Å²) < 4.78 is 25.6. The van der Waals surface area contributed by atoms with E-state index in [4.69, 9.17) is 11.6 Å². The van der Waals surface area contributed by atoms with Crippen LogP contribution in [0.4, 0.5) is 0 Å². The molecule has 29 heavy (non-hydrogen) atoms. The van der Waals surface area contributed by atoms with E-state index in [1.165, 1.54) is 16.9 Å². The number of aromatic hydroxyl groups is 1. The molecule has 2 N–H and O–H groups in total. The maximum atomic E-state index is 12.8. The van der Waals surface area contributed by atoms with Crippen molar-refractivity contribution in [2.24, 2.45) is 0 Å². The van der Waals surface area contributed by atoms with Gasteiger partial charge in [-0.15, -0.1) is 0 Å². The first-order chi connectivity index (χ1) is 13.9. The second-order valence-corrected chi connectivity index (χ2v) is 8.39. The van der Waals surface area contributed by atoms with Crippen LogP contribution in [0.5, 0.6) is 5.75 Å². The molecule has 0 radical (unpaired) electrons. The molecule has 8 heteroatoms. The van der Waals surface area contributed by atoms with E-state index >= 15 is 0 Å². The molecule has 1 aromatic heterocycles. The normalized spacial score (nSPS) is 11.3. The van der Waals surface area contributed by atoms with E-state index in [-0.39, 0.29) is 10.6 Å². The molecule has 1 heterocycles. The van der Waals surface area contributed by atoms with Crippen molar-refractivity contribution in [3.05, 3.63) is 90.0 Å². The maximum absolute atomic E-state index is 12.8. The zero-order chi connectivity index (χ0) is 20.4. The Morgan fingerprint density at radius 1 is 0.862 bits per heavy atom. The molecule has 6 nitrogen and oxygen atoms in total. The quantitative estimate of drug-likeness (QED) is 0.492. The van der Waals surface area contributed by atoms with Gasteiger partial charge in [-0.3, -0.25) is 0 Å². The van der Waals surface area contributed by atoms with Crippen molar-refractivity contribution in [2.75, 3.05) is 4.83 Å². The molecule has 4 rings (SSSR count). The summed E-state index contributed by atoms with van der Waals surface area (Å²) >= 11 is 5.98. The average molecular weight is 426 g/mol. The van der Waals surface area contributed by atoms with Gasteiger partial charge in [-0.1, -0.05) is 54.1 Å². The van der Waals surface area contributed by atoms with E-state index in [2.05, 4.69) is 9.93 Å². The topological polar surface area (TPSA) is 84.2 Å². The Morgan fingerprint density at radius 3 is 2.28 bits per heavy atom. The van der Waals surface area contributed by atoms with Gasteiger partial charge in [0.15, 0.2) is 0 Å². The highest BCUT2D eigenvalue weighted by atomic mass is 35.5. The zero-order valence-electron chi connectivity index (χ0n) is 15.0. The van der Waals surface area contributed by atoms with Crippen LogP contribution < -0.4 is 4.83 Å². The van der Waals surface area contributed by atoms with Gasteiger partial charge in [0.2, 0.25) is 0 Å². The van der Waals surface area contributed by atoms with Crippen LogP contribution in [0.25, 0.3) is 22.5 Å². The molecule has 0 atom stereocenters. The van der Waals surface area contributed by atoms with Gasteiger partial charge >= 0.3 is 0 Å². The Balaban J connectivity index is 1.82. The van der Waals surface area contributed by atoms with Crippen LogP contribution >= 0.6 is 11.6 Å². The van der Waals surface area contributed by atoms with Crippen LogP contribution in [-0.4, -0.2) is 23.4 Å². The van der Waals surface area contributed by atoms with Crippen LogP contribution in [0.2, 0.25) is 5.02 Å². The molecule has 0 saturated carbocycles. The lowest BCUT2D eigenvalue weighted by atomic mass is 10.1. The van der Waals surface area contributed by atoms with Gasteiger partial charge in [0.05, 0.1) is 16.3 Å². The van der Waals surface area contributed by atoms with Crippen LogP contribution in [0.15, 0.2) is 89.8 Å². The van der Waals surface area contributed by atoms with Crippen molar-refractivity contribution < 1.29 is 13.5 Å². The average Bonchev–Trinajstić information content (AvgIpc) is 3.12. The molecular weight excluding hydrogens is 410 g/mol. The molecular formula is C21H16ClN3O3S. The lowest BCUT2D eigenvalue weighted by Gasteiger charge is -2.11. The number of benzene rings is 3. The molecule has 0 aliphatic rings. The highest BCUT2D eigenvalue weighted by Crippen LogP contribution is 2.28. The summed E-state index contributed by atoms with van der Waals surface area (Å²) in [5.74, 6) is 0.0926. The summed E-state index contributed by atoms with van der Waals surface area (Å²) in [4.78, 5) is 3.84. The largest absolute Gasteiger partial charge is 0.508 e. The van der Waals surface area contributed by atoms with E-state index in [0.717, 1.165) is 5.56 Å². The van der Waals surface area contributed by atoms with Gasteiger partial charge in [0, 0.05) is 16.1 Å². The molecule has 0 bridgehead atoms. The number of nitrogens with one attached hydrogen (secondary N) is 1. The molecule has 3 aromatic carbocycles. The van der Waals surface area contributed by atoms with Crippen molar-refractivity contribution in [2.45, 2.75) is 4.90 Å². The van der Waals surface area contributed by atoms with E-state index in [1.54, 1.807) is 72.8 Å². The molecule has 4 aromatic rings. The Bertz CT molecular complexity index is 1250. The lowest BCUT2D eigenvalue weighted by molar-refractivity contribution is 0.475. The molecule has 0 spiro atoms. The number of phenols is 1. The second kappa shape index (κ2) is 7.62. The van der Waals surface area contributed by atoms with Crippen LogP contribution in [0.1, 0.15) is 0 Å². The third-order valence-electron chi connectivity index (χ3n) is 4.25. The fourth-order valence-corrected chi connectivity index (χ4v) is 3.96. The predicted octanol–water partition coefficient (Wildman–Crippen LogP) is 4.51. The minimum Gasteiger partial charge on any atom is -0.508 e. The van der Waals surface area contributed by atoms with Gasteiger partial charge < -0.3 is 5.11 Å². The summed E-state index contributed by atoms with van der Waals surface area (Å²) in [6.07, 6.45) is 0. The SMILES string of the molecule is O=S(=O)(Nn1nc(-c2cccc(O)c2)cc1-c1ccc(Cl)cc1)c1ccccc1. The number of aromatic nitrogens is 2. The third kappa shape index (κ3) is 4.11. The standard InChI is InChI=1S/C21H16ClN3O3S/c22-17-11-9-15(10-12-17)21-14-20(16-5-4-6-18(26)13-16)23-25(21)24-29(27,28)19-7-2-1-3-8-19/h1-14,24,26H.